The summed E-state index contributed by atoms with van der Waals surface area (Å²) in [5.74, 6) is 0. The monoisotopic (exact) mass is 232 g/mol. The highest BCUT2D eigenvalue weighted by Crippen LogP contribution is 2.31. The van der Waals surface area contributed by atoms with Crippen LogP contribution in [0.2, 0.25) is 0 Å². The fourth-order valence-corrected chi connectivity index (χ4v) is 2.30. The van der Waals surface area contributed by atoms with E-state index in [1.807, 2.05) is 12.1 Å². The quantitative estimate of drug-likeness (QED) is 0.492. The number of hydrogen-bond acceptors (Lipinski definition) is 3. The van der Waals surface area contributed by atoms with E-state index in [1.54, 1.807) is 0 Å². The van der Waals surface area contributed by atoms with Crippen LogP contribution in [0.3, 0.4) is 0 Å². The number of fused-ring (bicyclic) bond motifs is 1. The summed E-state index contributed by atoms with van der Waals surface area (Å²) in [6.45, 7) is 4.03. The molecule has 0 radical (unpaired) electrons. The molecule has 0 aromatic heterocycles. The Bertz CT molecular complexity index is 454. The number of aliphatic hydroxyl groups is 1. The predicted molar refractivity (Wildman–Crippen MR) is 67.0 cm³/mol. The predicted octanol–water partition coefficient (Wildman–Crippen LogP) is 2.41. The maximum atomic E-state index is 9.18. The summed E-state index contributed by atoms with van der Waals surface area (Å²) in [4.78, 5) is 5.08. The first-order chi connectivity index (χ1) is 8.30. The minimum Gasteiger partial charge on any atom is -0.396 e. The Hall–Kier alpha value is -1.71. The van der Waals surface area contributed by atoms with E-state index < -0.39 is 6.04 Å². The minimum absolute atomic E-state index is 0.152. The molecule has 5 heteroatoms. The summed E-state index contributed by atoms with van der Waals surface area (Å²) in [5.41, 5.74) is 11.9. The number of anilines is 1. The van der Waals surface area contributed by atoms with Crippen molar-refractivity contribution in [1.29, 1.82) is 0 Å². The summed E-state index contributed by atoms with van der Waals surface area (Å²) < 4.78 is 0. The first-order valence-corrected chi connectivity index (χ1v) is 5.83. The van der Waals surface area contributed by atoms with E-state index in [1.165, 1.54) is 11.3 Å². The largest absolute Gasteiger partial charge is 0.396 e. The van der Waals surface area contributed by atoms with Crippen LogP contribution in [-0.4, -0.2) is 24.8 Å². The Kier molecular flexibility index (Phi) is 3.52. The Morgan fingerprint density at radius 1 is 1.59 bits per heavy atom. The van der Waals surface area contributed by atoms with E-state index in [4.69, 9.17) is 5.53 Å². The van der Waals surface area contributed by atoms with Crippen molar-refractivity contribution in [1.82, 2.24) is 0 Å². The maximum absolute atomic E-state index is 9.18. The molecule has 0 fully saturated rings. The normalized spacial score (nSPS) is 15.3. The van der Waals surface area contributed by atoms with Gasteiger partial charge in [0.15, 0.2) is 0 Å². The van der Waals surface area contributed by atoms with Gasteiger partial charge in [-0.2, -0.15) is 0 Å². The molecular weight excluding hydrogens is 216 g/mol. The van der Waals surface area contributed by atoms with E-state index in [0.717, 1.165) is 25.1 Å². The zero-order chi connectivity index (χ0) is 12.3. The van der Waals surface area contributed by atoms with Crippen molar-refractivity contribution in [3.63, 3.8) is 0 Å². The van der Waals surface area contributed by atoms with Crippen LogP contribution in [-0.2, 0) is 6.42 Å². The van der Waals surface area contributed by atoms with Crippen LogP contribution in [0.1, 0.15) is 24.1 Å². The fourth-order valence-electron chi connectivity index (χ4n) is 2.30. The second-order valence-corrected chi connectivity index (χ2v) is 4.12. The molecule has 17 heavy (non-hydrogen) atoms. The van der Waals surface area contributed by atoms with E-state index in [0.29, 0.717) is 0 Å². The van der Waals surface area contributed by atoms with Gasteiger partial charge >= 0.3 is 0 Å². The van der Waals surface area contributed by atoms with Crippen molar-refractivity contribution in [3.8, 4) is 0 Å². The van der Waals surface area contributed by atoms with E-state index >= 15 is 0 Å². The smallest absolute Gasteiger partial charge is 0.0856 e. The van der Waals surface area contributed by atoms with Crippen LogP contribution >= 0.6 is 0 Å². The van der Waals surface area contributed by atoms with E-state index in [-0.39, 0.29) is 6.61 Å². The van der Waals surface area contributed by atoms with Gasteiger partial charge in [0.1, 0.15) is 0 Å². The average molecular weight is 232 g/mol. The van der Waals surface area contributed by atoms with Gasteiger partial charge in [-0.25, -0.2) is 0 Å². The first-order valence-electron chi connectivity index (χ1n) is 5.83. The summed E-state index contributed by atoms with van der Waals surface area (Å²) >= 11 is 0. The van der Waals surface area contributed by atoms with Gasteiger partial charge < -0.3 is 10.0 Å². The van der Waals surface area contributed by atoms with Crippen molar-refractivity contribution in [3.05, 3.63) is 39.8 Å². The Balaban J connectivity index is 2.31. The second-order valence-electron chi connectivity index (χ2n) is 4.12. The molecule has 0 saturated carbocycles. The molecule has 1 heterocycles. The van der Waals surface area contributed by atoms with Gasteiger partial charge in [-0.3, -0.25) is 0 Å². The minimum atomic E-state index is -0.471. The van der Waals surface area contributed by atoms with Crippen LogP contribution in [0.5, 0.6) is 0 Å². The van der Waals surface area contributed by atoms with Gasteiger partial charge in [0.25, 0.3) is 0 Å². The Labute approximate surface area is 100 Å². The molecule has 0 spiro atoms. The zero-order valence-corrected chi connectivity index (χ0v) is 9.87. The van der Waals surface area contributed by atoms with Crippen molar-refractivity contribution in [2.45, 2.75) is 19.4 Å². The first kappa shape index (κ1) is 11.8. The van der Waals surface area contributed by atoms with Crippen LogP contribution in [0.4, 0.5) is 5.69 Å². The molecule has 1 N–H and O–H groups in total. The lowest BCUT2D eigenvalue weighted by atomic mass is 10.0. The summed E-state index contributed by atoms with van der Waals surface area (Å²) in [6, 6.07) is 5.56. The van der Waals surface area contributed by atoms with Crippen molar-refractivity contribution in [2.75, 3.05) is 24.6 Å². The lowest BCUT2D eigenvalue weighted by molar-refractivity contribution is 0.268. The van der Waals surface area contributed by atoms with E-state index in [9.17, 15) is 5.11 Å². The molecule has 0 aliphatic carbocycles. The number of hydrogen-bond donors (Lipinski definition) is 1. The second kappa shape index (κ2) is 5.08. The number of benzene rings is 1. The van der Waals surface area contributed by atoms with Crippen LogP contribution in [0.15, 0.2) is 23.3 Å². The number of nitrogens with zero attached hydrogens (tertiary/aromatic N) is 4. The highest BCUT2D eigenvalue weighted by molar-refractivity contribution is 5.59. The molecule has 1 aliphatic rings. The molecule has 1 atom stereocenters. The van der Waals surface area contributed by atoms with Gasteiger partial charge in [-0.15, -0.1) is 0 Å². The van der Waals surface area contributed by atoms with Gasteiger partial charge in [0, 0.05) is 23.7 Å². The molecule has 1 aromatic carbocycles. The topological polar surface area (TPSA) is 72.2 Å². The van der Waals surface area contributed by atoms with E-state index in [2.05, 4.69) is 27.9 Å². The molecule has 0 bridgehead atoms. The Morgan fingerprint density at radius 2 is 2.41 bits per heavy atom. The molecule has 2 rings (SSSR count). The molecule has 5 nitrogen and oxygen atoms in total. The maximum Gasteiger partial charge on any atom is 0.0856 e. The molecule has 1 aromatic rings. The standard InChI is InChI=1S/C12H16N4O/c1-2-16-6-5-10-7-9(3-4-12(10)16)11(8-17)14-15-13/h3-4,7,11,17H,2,5-6,8H2,1H3. The number of azide groups is 1. The summed E-state index contributed by atoms with van der Waals surface area (Å²) in [6.07, 6.45) is 1.02. The highest BCUT2D eigenvalue weighted by Gasteiger charge is 2.19. The van der Waals surface area contributed by atoms with Gasteiger partial charge in [-0.05, 0) is 36.1 Å². The van der Waals surface area contributed by atoms with Gasteiger partial charge in [-0.1, -0.05) is 17.2 Å². The number of likely N-dealkylation sites (N-methyl/N-ethyl adjacent to an activating group) is 1. The third kappa shape index (κ3) is 2.20. The van der Waals surface area contributed by atoms with Crippen molar-refractivity contribution in [2.24, 2.45) is 5.11 Å². The molecule has 90 valence electrons. The molecule has 1 unspecified atom stereocenters. The third-order valence-corrected chi connectivity index (χ3v) is 3.23. The lowest BCUT2D eigenvalue weighted by Crippen LogP contribution is -2.19. The average Bonchev–Trinajstić information content (AvgIpc) is 2.77. The Morgan fingerprint density at radius 3 is 3.06 bits per heavy atom. The lowest BCUT2D eigenvalue weighted by Gasteiger charge is -2.17. The van der Waals surface area contributed by atoms with Crippen molar-refractivity contribution < 1.29 is 5.11 Å². The SMILES string of the molecule is CCN1CCc2cc(C(CO)N=[N+]=[N-])ccc21. The highest BCUT2D eigenvalue weighted by atomic mass is 16.3. The zero-order valence-electron chi connectivity index (χ0n) is 9.87. The van der Waals surface area contributed by atoms with Crippen LogP contribution < -0.4 is 4.90 Å². The number of rotatable bonds is 4. The summed E-state index contributed by atoms with van der Waals surface area (Å²) in [7, 11) is 0. The fraction of sp³-hybridized carbons (Fsp3) is 0.500. The molecule has 0 amide bonds. The van der Waals surface area contributed by atoms with Crippen molar-refractivity contribution >= 4 is 5.69 Å². The summed E-state index contributed by atoms with van der Waals surface area (Å²) in [5, 5.41) is 12.8. The van der Waals surface area contributed by atoms with Crippen LogP contribution in [0, 0.1) is 0 Å². The van der Waals surface area contributed by atoms with Gasteiger partial charge in [0.05, 0.1) is 12.6 Å². The third-order valence-electron chi connectivity index (χ3n) is 3.23. The van der Waals surface area contributed by atoms with Crippen LogP contribution in [0.25, 0.3) is 10.4 Å². The molecular formula is C12H16N4O. The van der Waals surface area contributed by atoms with Gasteiger partial charge in [0.2, 0.25) is 0 Å². The molecule has 1 aliphatic heterocycles. The molecule has 0 saturated heterocycles. The number of aliphatic hydroxyl groups excluding tert-OH is 1.